The molecule has 2 aliphatic rings. The van der Waals surface area contributed by atoms with E-state index in [9.17, 15) is 0 Å². The molecule has 2 saturated heterocycles. The van der Waals surface area contributed by atoms with E-state index >= 15 is 0 Å². The molecule has 1 aromatic heterocycles. The summed E-state index contributed by atoms with van der Waals surface area (Å²) in [6.07, 6.45) is 7.14. The molecular formula is C18H20N2S. The van der Waals surface area contributed by atoms with Crippen LogP contribution in [0.2, 0.25) is 0 Å². The molecule has 1 aromatic carbocycles. The highest BCUT2D eigenvalue weighted by Crippen LogP contribution is 2.43. The van der Waals surface area contributed by atoms with Gasteiger partial charge in [0.25, 0.3) is 0 Å². The minimum atomic E-state index is 0.680. The quantitative estimate of drug-likeness (QED) is 0.836. The number of nitrogens with zero attached hydrogens (tertiary/aromatic N) is 2. The fourth-order valence-electron chi connectivity index (χ4n) is 3.80. The maximum absolute atomic E-state index is 4.57. The molecule has 2 bridgehead atoms. The zero-order valence-corrected chi connectivity index (χ0v) is 12.9. The molecule has 3 heteroatoms. The molecule has 0 spiro atoms. The van der Waals surface area contributed by atoms with E-state index in [-0.39, 0.29) is 0 Å². The van der Waals surface area contributed by atoms with Gasteiger partial charge < -0.3 is 4.90 Å². The van der Waals surface area contributed by atoms with Crippen molar-refractivity contribution in [2.75, 3.05) is 4.90 Å². The van der Waals surface area contributed by atoms with Crippen molar-refractivity contribution < 1.29 is 0 Å². The summed E-state index contributed by atoms with van der Waals surface area (Å²) in [6.45, 7) is 0. The monoisotopic (exact) mass is 296 g/mol. The first-order valence-corrected chi connectivity index (χ1v) is 8.69. The molecule has 0 N–H and O–H groups in total. The molecule has 3 atom stereocenters. The third-order valence-corrected chi connectivity index (χ3v) is 5.91. The number of pyridine rings is 1. The molecule has 2 fully saturated rings. The van der Waals surface area contributed by atoms with Crippen molar-refractivity contribution in [3.8, 4) is 0 Å². The number of benzene rings is 1. The zero-order valence-electron chi connectivity index (χ0n) is 12.1. The number of thioether (sulfide) groups is 1. The van der Waals surface area contributed by atoms with Crippen LogP contribution in [0.25, 0.3) is 0 Å². The van der Waals surface area contributed by atoms with Crippen molar-refractivity contribution in [2.24, 2.45) is 0 Å². The third kappa shape index (κ3) is 2.67. The summed E-state index contributed by atoms with van der Waals surface area (Å²) >= 11 is 2.06. The Labute approximate surface area is 130 Å². The Balaban J connectivity index is 1.49. The van der Waals surface area contributed by atoms with E-state index in [1.165, 1.54) is 36.4 Å². The molecule has 0 radical (unpaired) electrons. The standard InChI is InChI=1S/C18H20N2S/c1-2-6-16(7-3-1)21-17-12-14-9-10-15(13-17)20(14)18-8-4-5-11-19-18/h1-8,11,14-15,17H,9-10,12-13H2/t14-,15+,17-. The summed E-state index contributed by atoms with van der Waals surface area (Å²) in [5, 5.41) is 0.755. The first kappa shape index (κ1) is 13.2. The SMILES string of the molecule is c1ccc(S[C@@H]2C[C@H]3CC[C@@H](C2)N3c2ccccn2)cc1. The van der Waals surface area contributed by atoms with Crippen LogP contribution in [0.5, 0.6) is 0 Å². The van der Waals surface area contributed by atoms with Crippen LogP contribution in [0.1, 0.15) is 25.7 Å². The van der Waals surface area contributed by atoms with Crippen LogP contribution < -0.4 is 4.90 Å². The Morgan fingerprint density at radius 2 is 1.62 bits per heavy atom. The molecule has 2 aromatic rings. The molecule has 4 rings (SSSR count). The number of anilines is 1. The van der Waals surface area contributed by atoms with Crippen LogP contribution in [0.4, 0.5) is 5.82 Å². The molecule has 2 nitrogen and oxygen atoms in total. The van der Waals surface area contributed by atoms with Gasteiger partial charge in [-0.3, -0.25) is 0 Å². The fraction of sp³-hybridized carbons (Fsp3) is 0.389. The van der Waals surface area contributed by atoms with Crippen LogP contribution in [0.15, 0.2) is 59.6 Å². The van der Waals surface area contributed by atoms with Crippen molar-refractivity contribution in [3.05, 3.63) is 54.7 Å². The van der Waals surface area contributed by atoms with Crippen molar-refractivity contribution in [3.63, 3.8) is 0 Å². The normalized spacial score (nSPS) is 27.8. The number of hydrogen-bond donors (Lipinski definition) is 0. The maximum atomic E-state index is 4.57. The zero-order chi connectivity index (χ0) is 14.1. The largest absolute Gasteiger partial charge is 0.351 e. The summed E-state index contributed by atoms with van der Waals surface area (Å²) < 4.78 is 0. The second-order valence-corrected chi connectivity index (χ2v) is 7.38. The van der Waals surface area contributed by atoms with Gasteiger partial charge in [-0.15, -0.1) is 11.8 Å². The van der Waals surface area contributed by atoms with Gasteiger partial charge in [-0.1, -0.05) is 24.3 Å². The van der Waals surface area contributed by atoms with E-state index in [1.54, 1.807) is 0 Å². The minimum absolute atomic E-state index is 0.680. The first-order chi connectivity index (χ1) is 10.4. The van der Waals surface area contributed by atoms with E-state index in [0.29, 0.717) is 12.1 Å². The fourth-order valence-corrected chi connectivity index (χ4v) is 5.13. The Morgan fingerprint density at radius 3 is 2.29 bits per heavy atom. The van der Waals surface area contributed by atoms with Crippen molar-refractivity contribution in [1.82, 2.24) is 4.98 Å². The summed E-state index contributed by atoms with van der Waals surface area (Å²) in [5.74, 6) is 1.17. The Hall–Kier alpha value is -1.48. The van der Waals surface area contributed by atoms with Crippen LogP contribution in [-0.2, 0) is 0 Å². The highest BCUT2D eigenvalue weighted by Gasteiger charge is 2.41. The van der Waals surface area contributed by atoms with Crippen LogP contribution in [0, 0.1) is 0 Å². The molecule has 0 unspecified atom stereocenters. The minimum Gasteiger partial charge on any atom is -0.351 e. The second kappa shape index (κ2) is 5.72. The number of piperidine rings is 1. The Morgan fingerprint density at radius 1 is 0.905 bits per heavy atom. The summed E-state index contributed by atoms with van der Waals surface area (Å²) in [5.41, 5.74) is 0. The van der Waals surface area contributed by atoms with Gasteiger partial charge in [0.15, 0.2) is 0 Å². The topological polar surface area (TPSA) is 16.1 Å². The predicted molar refractivity (Wildman–Crippen MR) is 88.8 cm³/mol. The van der Waals surface area contributed by atoms with Gasteiger partial charge in [0.2, 0.25) is 0 Å². The molecular weight excluding hydrogens is 276 g/mol. The molecule has 108 valence electrons. The number of hydrogen-bond acceptors (Lipinski definition) is 3. The lowest BCUT2D eigenvalue weighted by atomic mass is 10.0. The number of aromatic nitrogens is 1. The van der Waals surface area contributed by atoms with Crippen molar-refractivity contribution in [1.29, 1.82) is 0 Å². The van der Waals surface area contributed by atoms with Gasteiger partial charge in [-0.25, -0.2) is 4.98 Å². The molecule has 2 aliphatic heterocycles. The Bertz CT molecular complexity index is 573. The van der Waals surface area contributed by atoms with Gasteiger partial charge in [0.05, 0.1) is 0 Å². The van der Waals surface area contributed by atoms with E-state index < -0.39 is 0 Å². The predicted octanol–water partition coefficient (Wildman–Crippen LogP) is 4.37. The lowest BCUT2D eigenvalue weighted by Crippen LogP contribution is -2.44. The summed E-state index contributed by atoms with van der Waals surface area (Å²) in [6, 6.07) is 18.5. The van der Waals surface area contributed by atoms with Gasteiger partial charge in [0, 0.05) is 28.4 Å². The van der Waals surface area contributed by atoms with Gasteiger partial charge in [0.1, 0.15) is 5.82 Å². The van der Waals surface area contributed by atoms with E-state index in [4.69, 9.17) is 0 Å². The molecule has 0 saturated carbocycles. The van der Waals surface area contributed by atoms with Crippen LogP contribution in [0.3, 0.4) is 0 Å². The maximum Gasteiger partial charge on any atom is 0.128 e. The van der Waals surface area contributed by atoms with Crippen LogP contribution >= 0.6 is 11.8 Å². The van der Waals surface area contributed by atoms with Crippen molar-refractivity contribution >= 4 is 17.6 Å². The number of fused-ring (bicyclic) bond motifs is 2. The smallest absolute Gasteiger partial charge is 0.128 e. The van der Waals surface area contributed by atoms with Gasteiger partial charge in [-0.05, 0) is 49.9 Å². The van der Waals surface area contributed by atoms with Gasteiger partial charge in [-0.2, -0.15) is 0 Å². The van der Waals surface area contributed by atoms with Crippen LogP contribution in [-0.4, -0.2) is 22.3 Å². The average molecular weight is 296 g/mol. The summed E-state index contributed by atoms with van der Waals surface area (Å²) in [4.78, 5) is 8.57. The lowest BCUT2D eigenvalue weighted by Gasteiger charge is -2.39. The van der Waals surface area contributed by atoms with E-state index in [2.05, 4.69) is 64.1 Å². The van der Waals surface area contributed by atoms with E-state index in [0.717, 1.165) is 5.25 Å². The molecule has 0 amide bonds. The highest BCUT2D eigenvalue weighted by molar-refractivity contribution is 8.00. The lowest BCUT2D eigenvalue weighted by molar-refractivity contribution is 0.475. The van der Waals surface area contributed by atoms with Crippen molar-refractivity contribution in [2.45, 2.75) is 47.9 Å². The number of rotatable bonds is 3. The van der Waals surface area contributed by atoms with Gasteiger partial charge >= 0.3 is 0 Å². The second-order valence-electron chi connectivity index (χ2n) is 6.00. The molecule has 21 heavy (non-hydrogen) atoms. The molecule has 3 heterocycles. The molecule has 0 aliphatic carbocycles. The summed E-state index contributed by atoms with van der Waals surface area (Å²) in [7, 11) is 0. The first-order valence-electron chi connectivity index (χ1n) is 7.81. The Kier molecular flexibility index (Phi) is 3.60. The third-order valence-electron chi connectivity index (χ3n) is 4.65. The van der Waals surface area contributed by atoms with E-state index in [1.807, 2.05) is 12.3 Å². The highest BCUT2D eigenvalue weighted by atomic mass is 32.2. The average Bonchev–Trinajstić information content (AvgIpc) is 2.80.